The summed E-state index contributed by atoms with van der Waals surface area (Å²) in [6, 6.07) is 11.8. The number of hydrogen-bond donors (Lipinski definition) is 0. The number of carbonyl (C=O) groups is 1. The van der Waals surface area contributed by atoms with E-state index in [1.807, 2.05) is 37.3 Å². The highest BCUT2D eigenvalue weighted by Gasteiger charge is 2.27. The van der Waals surface area contributed by atoms with Crippen LogP contribution >= 0.6 is 11.3 Å². The fraction of sp³-hybridized carbons (Fsp3) is 0.333. The van der Waals surface area contributed by atoms with E-state index in [4.69, 9.17) is 9.15 Å². The lowest BCUT2D eigenvalue weighted by molar-refractivity contribution is 0.0705. The van der Waals surface area contributed by atoms with Gasteiger partial charge in [0, 0.05) is 19.0 Å². The zero-order valence-electron chi connectivity index (χ0n) is 16.2. The third-order valence-electron chi connectivity index (χ3n) is 4.80. The fourth-order valence-corrected chi connectivity index (χ4v) is 4.15. The van der Waals surface area contributed by atoms with Crippen molar-refractivity contribution in [3.63, 3.8) is 0 Å². The van der Waals surface area contributed by atoms with E-state index in [-0.39, 0.29) is 12.0 Å². The number of para-hydroxylation sites is 2. The van der Waals surface area contributed by atoms with Crippen LogP contribution in [0.25, 0.3) is 10.8 Å². The van der Waals surface area contributed by atoms with Crippen molar-refractivity contribution in [1.29, 1.82) is 0 Å². The van der Waals surface area contributed by atoms with Gasteiger partial charge in [0.2, 0.25) is 0 Å². The van der Waals surface area contributed by atoms with Gasteiger partial charge in [-0.1, -0.05) is 12.1 Å². The Bertz CT molecular complexity index is 981. The molecule has 0 fully saturated rings. The summed E-state index contributed by atoms with van der Waals surface area (Å²) < 4.78 is 11.7. The molecule has 6 nitrogen and oxygen atoms in total. The molecule has 0 saturated carbocycles. The molecule has 1 aromatic carbocycles. The smallest absolute Gasteiger partial charge is 0.273 e. The van der Waals surface area contributed by atoms with Crippen molar-refractivity contribution >= 4 is 22.9 Å². The molecule has 0 bridgehead atoms. The highest BCUT2D eigenvalue weighted by molar-refractivity contribution is 7.13. The second kappa shape index (κ2) is 7.67. The van der Waals surface area contributed by atoms with Crippen molar-refractivity contribution in [2.45, 2.75) is 20.0 Å². The maximum absolute atomic E-state index is 12.8. The quantitative estimate of drug-likeness (QED) is 0.649. The van der Waals surface area contributed by atoms with Crippen molar-refractivity contribution in [1.82, 2.24) is 9.88 Å². The van der Waals surface area contributed by atoms with Crippen molar-refractivity contribution in [2.24, 2.45) is 0 Å². The second-order valence-electron chi connectivity index (χ2n) is 6.88. The zero-order chi connectivity index (χ0) is 19.7. The number of hydrogen-bond acceptors (Lipinski definition) is 6. The third kappa shape index (κ3) is 3.62. The first-order valence-corrected chi connectivity index (χ1v) is 10.2. The molecule has 7 heteroatoms. The first-order valence-electron chi connectivity index (χ1n) is 9.33. The van der Waals surface area contributed by atoms with Crippen LogP contribution in [0.2, 0.25) is 0 Å². The molecule has 3 heterocycles. The summed E-state index contributed by atoms with van der Waals surface area (Å²) in [5, 5.41) is 2.49. The summed E-state index contributed by atoms with van der Waals surface area (Å²) in [5.41, 5.74) is 1.54. The first-order chi connectivity index (χ1) is 13.5. The molecule has 2 aromatic heterocycles. The molecule has 1 aliphatic rings. The van der Waals surface area contributed by atoms with Gasteiger partial charge in [-0.05, 0) is 38.1 Å². The number of ether oxygens (including phenoxy) is 1. The molecule has 1 atom stereocenters. The van der Waals surface area contributed by atoms with Crippen LogP contribution in [-0.2, 0) is 0 Å². The van der Waals surface area contributed by atoms with Gasteiger partial charge in [0.25, 0.3) is 5.91 Å². The minimum atomic E-state index is -0.115. The Balaban J connectivity index is 1.44. The number of anilines is 1. The number of carbonyl (C=O) groups excluding carboxylic acids is 1. The highest BCUT2D eigenvalue weighted by Crippen LogP contribution is 2.33. The molecule has 1 amide bonds. The summed E-state index contributed by atoms with van der Waals surface area (Å²) in [6.07, 6.45) is -0.0883. The molecular weight excluding hydrogens is 374 g/mol. The molecule has 4 rings (SSSR count). The Hall–Kier alpha value is -2.80. The number of fused-ring (bicyclic) bond motifs is 1. The molecule has 0 saturated heterocycles. The van der Waals surface area contributed by atoms with Crippen LogP contribution in [0.1, 0.15) is 23.2 Å². The fourth-order valence-electron chi connectivity index (χ4n) is 3.39. The van der Waals surface area contributed by atoms with Crippen molar-refractivity contribution in [3.05, 3.63) is 53.2 Å². The van der Waals surface area contributed by atoms with E-state index < -0.39 is 0 Å². The van der Waals surface area contributed by atoms with Gasteiger partial charge in [0.1, 0.15) is 23.3 Å². The Morgan fingerprint density at radius 3 is 2.89 bits per heavy atom. The maximum atomic E-state index is 12.8. The van der Waals surface area contributed by atoms with Crippen molar-refractivity contribution < 1.29 is 13.9 Å². The van der Waals surface area contributed by atoms with Crippen molar-refractivity contribution in [2.75, 3.05) is 31.6 Å². The van der Waals surface area contributed by atoms with Gasteiger partial charge in [-0.3, -0.25) is 4.79 Å². The molecule has 146 valence electrons. The number of aryl methyl sites for hydroxylation is 1. The van der Waals surface area contributed by atoms with Gasteiger partial charge in [-0.2, -0.15) is 0 Å². The molecule has 1 aliphatic heterocycles. The van der Waals surface area contributed by atoms with E-state index in [1.54, 1.807) is 17.3 Å². The number of nitrogens with zero attached hydrogens (tertiary/aromatic N) is 3. The molecule has 0 spiro atoms. The predicted octanol–water partition coefficient (Wildman–Crippen LogP) is 4.07. The molecular formula is C21H23N3O3S. The Kier molecular flexibility index (Phi) is 5.09. The summed E-state index contributed by atoms with van der Waals surface area (Å²) in [4.78, 5) is 21.3. The number of benzene rings is 1. The van der Waals surface area contributed by atoms with E-state index in [0.717, 1.165) is 30.3 Å². The predicted molar refractivity (Wildman–Crippen MR) is 110 cm³/mol. The Morgan fingerprint density at radius 1 is 1.32 bits per heavy atom. The van der Waals surface area contributed by atoms with E-state index in [1.165, 1.54) is 11.3 Å². The monoisotopic (exact) mass is 397 g/mol. The summed E-state index contributed by atoms with van der Waals surface area (Å²) in [5.74, 6) is 2.27. The van der Waals surface area contributed by atoms with E-state index in [0.29, 0.717) is 23.0 Å². The normalized spacial score (nSPS) is 15.8. The summed E-state index contributed by atoms with van der Waals surface area (Å²) in [6.45, 7) is 6.15. The third-order valence-corrected chi connectivity index (χ3v) is 5.66. The lowest BCUT2D eigenvalue weighted by Gasteiger charge is -2.37. The van der Waals surface area contributed by atoms with E-state index in [9.17, 15) is 4.79 Å². The van der Waals surface area contributed by atoms with Gasteiger partial charge in [-0.25, -0.2) is 4.98 Å². The van der Waals surface area contributed by atoms with Gasteiger partial charge in [-0.15, -0.1) is 11.3 Å². The Labute approximate surface area is 168 Å². The van der Waals surface area contributed by atoms with E-state index >= 15 is 0 Å². The number of likely N-dealkylation sites (N-methyl/N-ethyl adjacent to an activating group) is 2. The van der Waals surface area contributed by atoms with Gasteiger partial charge in [0.05, 0.1) is 18.8 Å². The minimum absolute atomic E-state index is 0.0883. The van der Waals surface area contributed by atoms with Gasteiger partial charge < -0.3 is 19.0 Å². The lowest BCUT2D eigenvalue weighted by Crippen LogP contribution is -2.46. The molecule has 0 aliphatic carbocycles. The van der Waals surface area contributed by atoms with Gasteiger partial charge in [0.15, 0.2) is 10.8 Å². The number of amides is 1. The van der Waals surface area contributed by atoms with Crippen LogP contribution in [0.5, 0.6) is 5.75 Å². The lowest BCUT2D eigenvalue weighted by atomic mass is 10.2. The van der Waals surface area contributed by atoms with Crippen molar-refractivity contribution in [3.8, 4) is 16.5 Å². The van der Waals surface area contributed by atoms with Crippen LogP contribution in [0.4, 0.5) is 5.69 Å². The maximum Gasteiger partial charge on any atom is 0.273 e. The topological polar surface area (TPSA) is 58.8 Å². The average molecular weight is 398 g/mol. The Morgan fingerprint density at radius 2 is 2.14 bits per heavy atom. The average Bonchev–Trinajstić information content (AvgIpc) is 3.35. The number of thiazole rings is 1. The minimum Gasteiger partial charge on any atom is -0.485 e. The molecule has 0 N–H and O–H groups in total. The van der Waals surface area contributed by atoms with E-state index in [2.05, 4.69) is 22.9 Å². The summed E-state index contributed by atoms with van der Waals surface area (Å²) in [7, 11) is 1.79. The molecule has 3 aromatic rings. The molecule has 0 unspecified atom stereocenters. The first kappa shape index (κ1) is 18.6. The summed E-state index contributed by atoms with van der Waals surface area (Å²) >= 11 is 1.41. The standard InChI is InChI=1S/C21H23N3O3S/c1-4-24-12-15(27-18-8-6-5-7-17(18)24)11-23(3)21(25)16-13-28-20(22-16)19-10-9-14(2)26-19/h5-10,13,15H,4,11-12H2,1-3H3/t15-/m1/s1. The van der Waals surface area contributed by atoms with Crippen LogP contribution < -0.4 is 9.64 Å². The van der Waals surface area contributed by atoms with Crippen LogP contribution in [0, 0.1) is 6.92 Å². The molecule has 0 radical (unpaired) electrons. The number of furan rings is 1. The van der Waals surface area contributed by atoms with Gasteiger partial charge >= 0.3 is 0 Å². The van der Waals surface area contributed by atoms with Crippen LogP contribution in [-0.4, -0.2) is 48.6 Å². The SMILES string of the molecule is CCN1C[C@@H](CN(C)C(=O)c2csc(-c3ccc(C)o3)n2)Oc2ccccc21. The zero-order valence-corrected chi connectivity index (χ0v) is 17.0. The highest BCUT2D eigenvalue weighted by atomic mass is 32.1. The molecule has 28 heavy (non-hydrogen) atoms. The second-order valence-corrected chi connectivity index (χ2v) is 7.74. The number of aromatic nitrogens is 1. The largest absolute Gasteiger partial charge is 0.485 e. The van der Waals surface area contributed by atoms with Crippen LogP contribution in [0.3, 0.4) is 0 Å². The van der Waals surface area contributed by atoms with Crippen LogP contribution in [0.15, 0.2) is 46.2 Å². The number of rotatable bonds is 5.